The largest absolute Gasteiger partial charge is 0.465 e. The fraction of sp³-hybridized carbons (Fsp3) is 0.143. The number of benzene rings is 2. The molecule has 0 N–H and O–H groups in total. The Hall–Kier alpha value is -3.14. The van der Waals surface area contributed by atoms with Gasteiger partial charge < -0.3 is 9.47 Å². The Morgan fingerprint density at radius 1 is 1.08 bits per heavy atom. The molecule has 0 amide bonds. The van der Waals surface area contributed by atoms with Gasteiger partial charge in [0.05, 0.1) is 18.2 Å². The van der Waals surface area contributed by atoms with Crippen LogP contribution < -0.4 is 0 Å². The summed E-state index contributed by atoms with van der Waals surface area (Å²) in [5, 5.41) is 0. The fourth-order valence-corrected chi connectivity index (χ4v) is 2.55. The van der Waals surface area contributed by atoms with Crippen LogP contribution >= 0.6 is 0 Å². The molecule has 3 rings (SSSR count). The first-order chi connectivity index (χ1) is 12.1. The lowest BCUT2D eigenvalue weighted by Crippen LogP contribution is -2.00. The van der Waals surface area contributed by atoms with E-state index in [2.05, 4.69) is 11.7 Å². The van der Waals surface area contributed by atoms with E-state index < -0.39 is 5.97 Å². The predicted octanol–water partition coefficient (Wildman–Crippen LogP) is 4.02. The molecule has 0 aromatic heterocycles. The van der Waals surface area contributed by atoms with Crippen molar-refractivity contribution in [1.82, 2.24) is 0 Å². The highest BCUT2D eigenvalue weighted by atomic mass is 16.5. The summed E-state index contributed by atoms with van der Waals surface area (Å²) in [5.41, 5.74) is 3.84. The number of rotatable bonds is 4. The molecule has 0 saturated heterocycles. The lowest BCUT2D eigenvalue weighted by atomic mass is 10.1. The molecule has 0 radical (unpaired) electrons. The van der Waals surface area contributed by atoms with Crippen molar-refractivity contribution in [2.45, 2.75) is 13.3 Å². The summed E-state index contributed by atoms with van der Waals surface area (Å²) >= 11 is 0. The number of aryl methyl sites for hydroxylation is 1. The van der Waals surface area contributed by atoms with Crippen molar-refractivity contribution in [2.75, 3.05) is 7.11 Å². The first kappa shape index (κ1) is 16.7. The summed E-state index contributed by atoms with van der Waals surface area (Å²) in [6.07, 6.45) is 4.43. The maximum atomic E-state index is 12.1. The van der Waals surface area contributed by atoms with Crippen molar-refractivity contribution in [3.8, 4) is 0 Å². The quantitative estimate of drug-likeness (QED) is 0.626. The number of ether oxygens (including phenoxy) is 2. The maximum absolute atomic E-state index is 12.1. The van der Waals surface area contributed by atoms with Crippen LogP contribution in [0.4, 0.5) is 0 Å². The standard InChI is InChI=1S/C21H18O4/c1-3-14-4-8-16(9-5-14)19-13-18(21(23)25-19)12-15-6-10-17(11-7-15)20(22)24-2/h4-13H,3H2,1-2H3/b18-12-. The third-order valence-corrected chi connectivity index (χ3v) is 4.03. The van der Waals surface area contributed by atoms with E-state index in [1.807, 2.05) is 24.3 Å². The Balaban J connectivity index is 1.83. The second-order valence-corrected chi connectivity index (χ2v) is 5.66. The summed E-state index contributed by atoms with van der Waals surface area (Å²) in [6.45, 7) is 2.09. The van der Waals surface area contributed by atoms with Gasteiger partial charge in [0.15, 0.2) is 0 Å². The number of carbonyl (C=O) groups is 2. The van der Waals surface area contributed by atoms with Crippen LogP contribution in [0.1, 0.15) is 34.0 Å². The second kappa shape index (κ2) is 7.18. The Morgan fingerprint density at radius 2 is 1.76 bits per heavy atom. The predicted molar refractivity (Wildman–Crippen MR) is 95.6 cm³/mol. The molecule has 4 heteroatoms. The van der Waals surface area contributed by atoms with Crippen molar-refractivity contribution in [3.05, 3.63) is 82.4 Å². The van der Waals surface area contributed by atoms with E-state index >= 15 is 0 Å². The van der Waals surface area contributed by atoms with Gasteiger partial charge in [-0.3, -0.25) is 0 Å². The number of hydrogen-bond donors (Lipinski definition) is 0. The summed E-state index contributed by atoms with van der Waals surface area (Å²) in [6, 6.07) is 14.8. The van der Waals surface area contributed by atoms with Gasteiger partial charge in [-0.05, 0) is 41.8 Å². The zero-order valence-electron chi connectivity index (χ0n) is 14.1. The molecular weight excluding hydrogens is 316 g/mol. The van der Waals surface area contributed by atoms with Crippen LogP contribution in [-0.2, 0) is 20.7 Å². The van der Waals surface area contributed by atoms with Crippen molar-refractivity contribution in [1.29, 1.82) is 0 Å². The average molecular weight is 334 g/mol. The van der Waals surface area contributed by atoms with Crippen LogP contribution in [0.15, 0.2) is 60.2 Å². The zero-order chi connectivity index (χ0) is 17.8. The first-order valence-corrected chi connectivity index (χ1v) is 8.04. The minimum atomic E-state index is -0.391. The monoisotopic (exact) mass is 334 g/mol. The minimum absolute atomic E-state index is 0.383. The van der Waals surface area contributed by atoms with Crippen molar-refractivity contribution in [2.24, 2.45) is 0 Å². The molecule has 2 aromatic carbocycles. The normalized spacial score (nSPS) is 15.0. The SMILES string of the molecule is CCc1ccc(C2=C/C(=C/c3ccc(C(=O)OC)cc3)C(=O)O2)cc1. The Kier molecular flexibility index (Phi) is 4.80. The van der Waals surface area contributed by atoms with Crippen LogP contribution in [0.2, 0.25) is 0 Å². The van der Waals surface area contributed by atoms with Crippen molar-refractivity contribution < 1.29 is 19.1 Å². The molecule has 2 aromatic rings. The summed E-state index contributed by atoms with van der Waals surface area (Å²) in [5.74, 6) is -0.228. The molecule has 0 fully saturated rings. The topological polar surface area (TPSA) is 52.6 Å². The molecule has 4 nitrogen and oxygen atoms in total. The second-order valence-electron chi connectivity index (χ2n) is 5.66. The molecule has 25 heavy (non-hydrogen) atoms. The van der Waals surface area contributed by atoms with Gasteiger partial charge in [0, 0.05) is 5.56 Å². The lowest BCUT2D eigenvalue weighted by molar-refractivity contribution is -0.130. The van der Waals surface area contributed by atoms with Gasteiger partial charge in [-0.15, -0.1) is 0 Å². The lowest BCUT2D eigenvalue weighted by Gasteiger charge is -2.02. The van der Waals surface area contributed by atoms with E-state index in [4.69, 9.17) is 4.74 Å². The Morgan fingerprint density at radius 3 is 2.36 bits per heavy atom. The fourth-order valence-electron chi connectivity index (χ4n) is 2.55. The van der Waals surface area contributed by atoms with Crippen LogP contribution in [0.3, 0.4) is 0 Å². The molecule has 126 valence electrons. The third-order valence-electron chi connectivity index (χ3n) is 4.03. The van der Waals surface area contributed by atoms with E-state index in [1.165, 1.54) is 12.7 Å². The highest BCUT2D eigenvalue weighted by Gasteiger charge is 2.21. The molecule has 0 aliphatic carbocycles. The van der Waals surface area contributed by atoms with Gasteiger partial charge >= 0.3 is 11.9 Å². The molecular formula is C21H18O4. The average Bonchev–Trinajstić information content (AvgIpc) is 3.02. The van der Waals surface area contributed by atoms with Crippen molar-refractivity contribution >= 4 is 23.8 Å². The van der Waals surface area contributed by atoms with Gasteiger partial charge in [-0.1, -0.05) is 43.3 Å². The molecule has 0 unspecified atom stereocenters. The van der Waals surface area contributed by atoms with E-state index in [0.717, 1.165) is 17.5 Å². The van der Waals surface area contributed by atoms with Crippen molar-refractivity contribution in [3.63, 3.8) is 0 Å². The third kappa shape index (κ3) is 3.69. The maximum Gasteiger partial charge on any atom is 0.343 e. The van der Waals surface area contributed by atoms with Gasteiger partial charge in [0.2, 0.25) is 0 Å². The smallest absolute Gasteiger partial charge is 0.343 e. The number of methoxy groups -OCH3 is 1. The highest BCUT2D eigenvalue weighted by Crippen LogP contribution is 2.27. The summed E-state index contributed by atoms with van der Waals surface area (Å²) < 4.78 is 10.0. The van der Waals surface area contributed by atoms with E-state index in [-0.39, 0.29) is 5.97 Å². The highest BCUT2D eigenvalue weighted by molar-refractivity contribution is 6.05. The zero-order valence-corrected chi connectivity index (χ0v) is 14.1. The van der Waals surface area contributed by atoms with E-state index in [9.17, 15) is 9.59 Å². The molecule has 0 atom stereocenters. The number of esters is 2. The van der Waals surface area contributed by atoms with Gasteiger partial charge in [0.25, 0.3) is 0 Å². The molecule has 0 spiro atoms. The van der Waals surface area contributed by atoms with Crippen LogP contribution in [0.25, 0.3) is 11.8 Å². The Labute approximate surface area is 146 Å². The molecule has 0 bridgehead atoms. The van der Waals surface area contributed by atoms with Gasteiger partial charge in [-0.2, -0.15) is 0 Å². The number of cyclic esters (lactones) is 1. The van der Waals surface area contributed by atoms with Crippen LogP contribution in [0, 0.1) is 0 Å². The summed E-state index contributed by atoms with van der Waals surface area (Å²) in [7, 11) is 1.34. The molecule has 1 aliphatic heterocycles. The first-order valence-electron chi connectivity index (χ1n) is 8.04. The minimum Gasteiger partial charge on any atom is -0.465 e. The van der Waals surface area contributed by atoms with Gasteiger partial charge in [0.1, 0.15) is 5.76 Å². The molecule has 1 heterocycles. The van der Waals surface area contributed by atoms with Gasteiger partial charge in [-0.25, -0.2) is 9.59 Å². The number of carbonyl (C=O) groups excluding carboxylic acids is 2. The summed E-state index contributed by atoms with van der Waals surface area (Å²) in [4.78, 5) is 23.5. The molecule has 1 aliphatic rings. The van der Waals surface area contributed by atoms with Crippen LogP contribution in [0.5, 0.6) is 0 Å². The van der Waals surface area contributed by atoms with Crippen LogP contribution in [-0.4, -0.2) is 19.0 Å². The number of hydrogen-bond acceptors (Lipinski definition) is 4. The van der Waals surface area contributed by atoms with E-state index in [1.54, 1.807) is 36.4 Å². The Bertz CT molecular complexity index is 856. The van der Waals surface area contributed by atoms with E-state index in [0.29, 0.717) is 16.9 Å². The molecule has 0 saturated carbocycles.